The lowest BCUT2D eigenvalue weighted by Gasteiger charge is -2.22. The standard InChI is InChI=1S/C18H24N2O2/c1-13-7-8-15(10-14(13)2)11-18(21)19-12-16(20(3)4)17-6-5-9-22-17/h5-10,16H,11-12H2,1-4H3,(H,19,21)/t16-/m0/s1. The van der Waals surface area contributed by atoms with E-state index in [0.29, 0.717) is 13.0 Å². The average molecular weight is 300 g/mol. The Balaban J connectivity index is 1.92. The smallest absolute Gasteiger partial charge is 0.224 e. The van der Waals surface area contributed by atoms with Gasteiger partial charge in [-0.1, -0.05) is 18.2 Å². The predicted octanol–water partition coefficient (Wildman–Crippen LogP) is 2.86. The van der Waals surface area contributed by atoms with Crippen molar-refractivity contribution in [1.29, 1.82) is 0 Å². The molecule has 0 unspecified atom stereocenters. The summed E-state index contributed by atoms with van der Waals surface area (Å²) in [4.78, 5) is 14.2. The number of nitrogens with one attached hydrogen (secondary N) is 1. The Kier molecular flexibility index (Phi) is 5.39. The number of likely N-dealkylation sites (N-methyl/N-ethyl adjacent to an activating group) is 1. The molecule has 0 spiro atoms. The largest absolute Gasteiger partial charge is 0.468 e. The van der Waals surface area contributed by atoms with Crippen LogP contribution in [0.15, 0.2) is 41.0 Å². The first-order chi connectivity index (χ1) is 10.5. The summed E-state index contributed by atoms with van der Waals surface area (Å²) in [5.74, 6) is 0.887. The lowest BCUT2D eigenvalue weighted by atomic mass is 10.0. The summed E-state index contributed by atoms with van der Waals surface area (Å²) in [7, 11) is 3.95. The Hall–Kier alpha value is -2.07. The molecule has 4 heteroatoms. The van der Waals surface area contributed by atoms with Gasteiger partial charge in [0.05, 0.1) is 18.7 Å². The first kappa shape index (κ1) is 16.3. The van der Waals surface area contributed by atoms with E-state index >= 15 is 0 Å². The Morgan fingerprint density at radius 1 is 1.23 bits per heavy atom. The number of hydrogen-bond donors (Lipinski definition) is 1. The molecule has 0 fully saturated rings. The van der Waals surface area contributed by atoms with Crippen LogP contribution in [-0.4, -0.2) is 31.4 Å². The molecule has 1 aromatic heterocycles. The molecule has 2 aromatic rings. The first-order valence-electron chi connectivity index (χ1n) is 7.50. The third-order valence-electron chi connectivity index (χ3n) is 3.92. The summed E-state index contributed by atoms with van der Waals surface area (Å²) in [6.45, 7) is 4.67. The van der Waals surface area contributed by atoms with Gasteiger partial charge in [-0.3, -0.25) is 9.69 Å². The fraction of sp³-hybridized carbons (Fsp3) is 0.389. The molecule has 0 saturated heterocycles. The van der Waals surface area contributed by atoms with Crippen LogP contribution in [0.2, 0.25) is 0 Å². The predicted molar refractivity (Wildman–Crippen MR) is 87.8 cm³/mol. The number of furan rings is 1. The van der Waals surface area contributed by atoms with Crippen molar-refractivity contribution in [2.75, 3.05) is 20.6 Å². The molecular weight excluding hydrogens is 276 g/mol. The number of carbonyl (C=O) groups excluding carboxylic acids is 1. The monoisotopic (exact) mass is 300 g/mol. The lowest BCUT2D eigenvalue weighted by molar-refractivity contribution is -0.120. The molecule has 1 N–H and O–H groups in total. The number of aryl methyl sites for hydroxylation is 2. The lowest BCUT2D eigenvalue weighted by Crippen LogP contribution is -2.35. The van der Waals surface area contributed by atoms with E-state index in [-0.39, 0.29) is 11.9 Å². The van der Waals surface area contributed by atoms with E-state index in [9.17, 15) is 4.79 Å². The number of amides is 1. The third kappa shape index (κ3) is 4.21. The van der Waals surface area contributed by atoms with Crippen LogP contribution < -0.4 is 5.32 Å². The van der Waals surface area contributed by atoms with Crippen LogP contribution in [0.4, 0.5) is 0 Å². The quantitative estimate of drug-likeness (QED) is 0.892. The SMILES string of the molecule is Cc1ccc(CC(=O)NC[C@@H](c2ccco2)N(C)C)cc1C. The molecule has 0 bridgehead atoms. The van der Waals surface area contributed by atoms with Crippen molar-refractivity contribution < 1.29 is 9.21 Å². The van der Waals surface area contributed by atoms with Crippen LogP contribution in [0.1, 0.15) is 28.5 Å². The summed E-state index contributed by atoms with van der Waals surface area (Å²) in [6, 6.07) is 9.98. The number of hydrogen-bond acceptors (Lipinski definition) is 3. The molecule has 0 aliphatic carbocycles. The summed E-state index contributed by atoms with van der Waals surface area (Å²) < 4.78 is 5.44. The Morgan fingerprint density at radius 2 is 2.00 bits per heavy atom. The van der Waals surface area contributed by atoms with Gasteiger partial charge in [-0.15, -0.1) is 0 Å². The van der Waals surface area contributed by atoms with Crippen LogP contribution in [0, 0.1) is 13.8 Å². The molecule has 4 nitrogen and oxygen atoms in total. The van der Waals surface area contributed by atoms with Gasteiger partial charge in [0.2, 0.25) is 5.91 Å². The molecule has 0 aliphatic rings. The topological polar surface area (TPSA) is 45.5 Å². The van der Waals surface area contributed by atoms with Gasteiger partial charge in [0, 0.05) is 6.54 Å². The van der Waals surface area contributed by atoms with Crippen molar-refractivity contribution in [2.45, 2.75) is 26.3 Å². The minimum absolute atomic E-state index is 0.0293. The molecule has 1 aromatic carbocycles. The summed E-state index contributed by atoms with van der Waals surface area (Å²) in [6.07, 6.45) is 2.06. The maximum atomic E-state index is 12.1. The molecule has 0 saturated carbocycles. The van der Waals surface area contributed by atoms with Gasteiger partial charge in [-0.25, -0.2) is 0 Å². The van der Waals surface area contributed by atoms with Crippen LogP contribution in [0.3, 0.4) is 0 Å². The second-order valence-electron chi connectivity index (χ2n) is 5.89. The zero-order chi connectivity index (χ0) is 16.1. The summed E-state index contributed by atoms with van der Waals surface area (Å²) in [5, 5.41) is 2.99. The maximum Gasteiger partial charge on any atom is 0.224 e. The second kappa shape index (κ2) is 7.27. The van der Waals surface area contributed by atoms with E-state index in [1.165, 1.54) is 11.1 Å². The van der Waals surface area contributed by atoms with Crippen molar-refractivity contribution in [3.63, 3.8) is 0 Å². The molecule has 0 radical (unpaired) electrons. The Labute approximate surface area is 132 Å². The zero-order valence-electron chi connectivity index (χ0n) is 13.7. The molecule has 1 amide bonds. The molecule has 22 heavy (non-hydrogen) atoms. The highest BCUT2D eigenvalue weighted by Gasteiger charge is 2.17. The van der Waals surface area contributed by atoms with E-state index in [2.05, 4.69) is 31.3 Å². The number of rotatable bonds is 6. The van der Waals surface area contributed by atoms with Crippen molar-refractivity contribution in [1.82, 2.24) is 10.2 Å². The molecule has 0 aliphatic heterocycles. The maximum absolute atomic E-state index is 12.1. The van der Waals surface area contributed by atoms with Crippen molar-refractivity contribution in [2.24, 2.45) is 0 Å². The van der Waals surface area contributed by atoms with Gasteiger partial charge in [-0.05, 0) is 56.8 Å². The zero-order valence-corrected chi connectivity index (χ0v) is 13.7. The second-order valence-corrected chi connectivity index (χ2v) is 5.89. The van der Waals surface area contributed by atoms with Gasteiger partial charge in [0.15, 0.2) is 0 Å². The fourth-order valence-electron chi connectivity index (χ4n) is 2.39. The summed E-state index contributed by atoms with van der Waals surface area (Å²) in [5.41, 5.74) is 3.50. The van der Waals surface area contributed by atoms with Gasteiger partial charge in [-0.2, -0.15) is 0 Å². The van der Waals surface area contributed by atoms with Crippen molar-refractivity contribution >= 4 is 5.91 Å². The van der Waals surface area contributed by atoms with Crippen molar-refractivity contribution in [3.05, 3.63) is 59.0 Å². The average Bonchev–Trinajstić information content (AvgIpc) is 2.97. The Bertz CT molecular complexity index is 618. The highest BCUT2D eigenvalue weighted by molar-refractivity contribution is 5.78. The van der Waals surface area contributed by atoms with Gasteiger partial charge < -0.3 is 9.73 Å². The van der Waals surface area contributed by atoms with Crippen LogP contribution >= 0.6 is 0 Å². The fourth-order valence-corrected chi connectivity index (χ4v) is 2.39. The van der Waals surface area contributed by atoms with E-state index in [1.807, 2.05) is 37.2 Å². The molecular formula is C18H24N2O2. The van der Waals surface area contributed by atoms with Crippen LogP contribution in [-0.2, 0) is 11.2 Å². The van der Waals surface area contributed by atoms with E-state index in [0.717, 1.165) is 11.3 Å². The van der Waals surface area contributed by atoms with Crippen molar-refractivity contribution in [3.8, 4) is 0 Å². The molecule has 2 rings (SSSR count). The van der Waals surface area contributed by atoms with Gasteiger partial charge >= 0.3 is 0 Å². The normalized spacial score (nSPS) is 12.4. The molecule has 118 valence electrons. The van der Waals surface area contributed by atoms with E-state index < -0.39 is 0 Å². The number of benzene rings is 1. The minimum atomic E-state index is 0.0293. The number of carbonyl (C=O) groups is 1. The van der Waals surface area contributed by atoms with E-state index in [1.54, 1.807) is 6.26 Å². The van der Waals surface area contributed by atoms with E-state index in [4.69, 9.17) is 4.42 Å². The summed E-state index contributed by atoms with van der Waals surface area (Å²) >= 11 is 0. The highest BCUT2D eigenvalue weighted by atomic mass is 16.3. The van der Waals surface area contributed by atoms with Crippen LogP contribution in [0.25, 0.3) is 0 Å². The Morgan fingerprint density at radius 3 is 2.59 bits per heavy atom. The molecule has 1 atom stereocenters. The molecule has 1 heterocycles. The third-order valence-corrected chi connectivity index (χ3v) is 3.92. The minimum Gasteiger partial charge on any atom is -0.468 e. The number of nitrogens with zero attached hydrogens (tertiary/aromatic N) is 1. The highest BCUT2D eigenvalue weighted by Crippen LogP contribution is 2.17. The van der Waals surface area contributed by atoms with Crippen LogP contribution in [0.5, 0.6) is 0 Å². The first-order valence-corrected chi connectivity index (χ1v) is 7.50. The van der Waals surface area contributed by atoms with Gasteiger partial charge in [0.1, 0.15) is 5.76 Å². The van der Waals surface area contributed by atoms with Gasteiger partial charge in [0.25, 0.3) is 0 Å².